The molecule has 1 aliphatic rings. The predicted molar refractivity (Wildman–Crippen MR) is 68.7 cm³/mol. The zero-order valence-electron chi connectivity index (χ0n) is 9.44. The van der Waals surface area contributed by atoms with Gasteiger partial charge >= 0.3 is 0 Å². The van der Waals surface area contributed by atoms with E-state index in [1.807, 2.05) is 0 Å². The maximum atomic E-state index is 4.50. The van der Waals surface area contributed by atoms with Crippen LogP contribution in [0.4, 0.5) is 0 Å². The summed E-state index contributed by atoms with van der Waals surface area (Å²) in [6, 6.07) is 10.7. The lowest BCUT2D eigenvalue weighted by Crippen LogP contribution is -1.86. The van der Waals surface area contributed by atoms with Crippen LogP contribution < -0.4 is 0 Å². The summed E-state index contributed by atoms with van der Waals surface area (Å²) in [4.78, 5) is 8.98. The van der Waals surface area contributed by atoms with Crippen LogP contribution in [0.5, 0.6) is 0 Å². The molecule has 0 fully saturated rings. The lowest BCUT2D eigenvalue weighted by atomic mass is 10.0. The van der Waals surface area contributed by atoms with Crippen LogP contribution in [0, 0.1) is 6.92 Å². The van der Waals surface area contributed by atoms with Crippen LogP contribution >= 0.6 is 0 Å². The summed E-state index contributed by atoms with van der Waals surface area (Å²) in [5, 5.41) is 2.57. The first-order valence-electron chi connectivity index (χ1n) is 5.70. The van der Waals surface area contributed by atoms with Crippen LogP contribution in [-0.2, 0) is 0 Å². The Labute approximate surface area is 99.0 Å². The normalized spacial score (nSPS) is 11.8. The fourth-order valence-electron chi connectivity index (χ4n) is 2.70. The highest BCUT2D eigenvalue weighted by molar-refractivity contribution is 6.14. The van der Waals surface area contributed by atoms with Crippen molar-refractivity contribution in [1.82, 2.24) is 9.97 Å². The van der Waals surface area contributed by atoms with Gasteiger partial charge in [-0.05, 0) is 17.9 Å². The molecular formula is C15H10N2. The summed E-state index contributed by atoms with van der Waals surface area (Å²) >= 11 is 0. The Morgan fingerprint density at radius 2 is 1.71 bits per heavy atom. The quantitative estimate of drug-likeness (QED) is 0.451. The zero-order chi connectivity index (χ0) is 11.4. The Hall–Kier alpha value is -2.22. The van der Waals surface area contributed by atoms with Gasteiger partial charge in [-0.25, -0.2) is 0 Å². The summed E-state index contributed by atoms with van der Waals surface area (Å²) in [5.74, 6) is 0. The van der Waals surface area contributed by atoms with Gasteiger partial charge in [-0.1, -0.05) is 30.3 Å². The molecular weight excluding hydrogens is 208 g/mol. The van der Waals surface area contributed by atoms with Gasteiger partial charge in [0, 0.05) is 28.9 Å². The van der Waals surface area contributed by atoms with E-state index in [1.54, 1.807) is 12.4 Å². The average Bonchev–Trinajstić information content (AvgIpc) is 2.71. The van der Waals surface area contributed by atoms with E-state index in [0.717, 1.165) is 11.4 Å². The molecule has 0 radical (unpaired) electrons. The molecule has 1 aliphatic carbocycles. The molecule has 2 nitrogen and oxygen atoms in total. The van der Waals surface area contributed by atoms with Gasteiger partial charge < -0.3 is 0 Å². The third-order valence-corrected chi connectivity index (χ3v) is 3.44. The van der Waals surface area contributed by atoms with Gasteiger partial charge in [0.05, 0.1) is 11.4 Å². The van der Waals surface area contributed by atoms with Crippen molar-refractivity contribution < 1.29 is 0 Å². The first-order valence-corrected chi connectivity index (χ1v) is 5.70. The number of aryl methyl sites for hydroxylation is 1. The Morgan fingerprint density at radius 3 is 2.59 bits per heavy atom. The van der Waals surface area contributed by atoms with E-state index in [9.17, 15) is 0 Å². The number of nitrogens with zero attached hydrogens (tertiary/aromatic N) is 2. The van der Waals surface area contributed by atoms with E-state index in [1.165, 1.54) is 27.5 Å². The smallest absolute Gasteiger partial charge is 0.0974 e. The minimum atomic E-state index is 1.02. The molecule has 0 unspecified atom stereocenters. The summed E-state index contributed by atoms with van der Waals surface area (Å²) in [5.41, 5.74) is 5.77. The molecule has 1 heterocycles. The highest BCUT2D eigenvalue weighted by Gasteiger charge is 2.24. The molecule has 1 aromatic heterocycles. The van der Waals surface area contributed by atoms with Gasteiger partial charge in [-0.2, -0.15) is 0 Å². The van der Waals surface area contributed by atoms with Crippen molar-refractivity contribution in [2.45, 2.75) is 6.92 Å². The molecule has 17 heavy (non-hydrogen) atoms. The molecule has 0 saturated heterocycles. The first-order chi connectivity index (χ1) is 8.36. The monoisotopic (exact) mass is 218 g/mol. The summed E-state index contributed by atoms with van der Waals surface area (Å²) in [7, 11) is 0. The van der Waals surface area contributed by atoms with Crippen molar-refractivity contribution >= 4 is 10.8 Å². The number of hydrogen-bond acceptors (Lipinski definition) is 2. The summed E-state index contributed by atoms with van der Waals surface area (Å²) in [6.45, 7) is 2.13. The summed E-state index contributed by atoms with van der Waals surface area (Å²) in [6.07, 6.45) is 3.53. The molecule has 0 amide bonds. The fourth-order valence-corrected chi connectivity index (χ4v) is 2.70. The minimum absolute atomic E-state index is 1.02. The van der Waals surface area contributed by atoms with Crippen LogP contribution in [-0.4, -0.2) is 9.97 Å². The van der Waals surface area contributed by atoms with Crippen LogP contribution in [0.25, 0.3) is 33.3 Å². The SMILES string of the molecule is Cc1ccc2cccc3c2c1-c1nccnc1-3. The van der Waals surface area contributed by atoms with E-state index < -0.39 is 0 Å². The number of hydrogen-bond donors (Lipinski definition) is 0. The molecule has 0 saturated carbocycles. The van der Waals surface area contributed by atoms with E-state index in [0.29, 0.717) is 0 Å². The van der Waals surface area contributed by atoms with Crippen molar-refractivity contribution in [2.24, 2.45) is 0 Å². The molecule has 4 rings (SSSR count). The van der Waals surface area contributed by atoms with Crippen molar-refractivity contribution in [2.75, 3.05) is 0 Å². The molecule has 0 aliphatic heterocycles. The van der Waals surface area contributed by atoms with Gasteiger partial charge in [-0.3, -0.25) is 9.97 Å². The number of benzene rings is 2. The number of rotatable bonds is 0. The largest absolute Gasteiger partial charge is 0.252 e. The van der Waals surface area contributed by atoms with Crippen molar-refractivity contribution in [3.05, 3.63) is 48.3 Å². The van der Waals surface area contributed by atoms with Gasteiger partial charge in [0.15, 0.2) is 0 Å². The van der Waals surface area contributed by atoms with E-state index in [-0.39, 0.29) is 0 Å². The molecule has 0 atom stereocenters. The van der Waals surface area contributed by atoms with E-state index in [4.69, 9.17) is 0 Å². The van der Waals surface area contributed by atoms with Gasteiger partial charge in [0.1, 0.15) is 0 Å². The average molecular weight is 218 g/mol. The van der Waals surface area contributed by atoms with Crippen molar-refractivity contribution in [1.29, 1.82) is 0 Å². The highest BCUT2D eigenvalue weighted by atomic mass is 14.8. The van der Waals surface area contributed by atoms with Crippen molar-refractivity contribution in [3.63, 3.8) is 0 Å². The maximum absolute atomic E-state index is 4.50. The summed E-state index contributed by atoms with van der Waals surface area (Å²) < 4.78 is 0. The highest BCUT2D eigenvalue weighted by Crippen LogP contribution is 2.45. The van der Waals surface area contributed by atoms with E-state index in [2.05, 4.69) is 47.2 Å². The Morgan fingerprint density at radius 1 is 0.882 bits per heavy atom. The van der Waals surface area contributed by atoms with Crippen molar-refractivity contribution in [3.8, 4) is 22.5 Å². The molecule has 2 aromatic carbocycles. The van der Waals surface area contributed by atoms with Crippen LogP contribution in [0.1, 0.15) is 5.56 Å². The second-order valence-corrected chi connectivity index (χ2v) is 4.41. The van der Waals surface area contributed by atoms with Crippen LogP contribution in [0.2, 0.25) is 0 Å². The first kappa shape index (κ1) is 8.88. The Bertz CT molecular complexity index is 760. The van der Waals surface area contributed by atoms with Gasteiger partial charge in [0.2, 0.25) is 0 Å². The second kappa shape index (κ2) is 2.92. The zero-order valence-corrected chi connectivity index (χ0v) is 9.44. The van der Waals surface area contributed by atoms with E-state index >= 15 is 0 Å². The van der Waals surface area contributed by atoms with Gasteiger partial charge in [0.25, 0.3) is 0 Å². The molecule has 0 N–H and O–H groups in total. The molecule has 3 aromatic rings. The third-order valence-electron chi connectivity index (χ3n) is 3.44. The molecule has 0 spiro atoms. The molecule has 2 heteroatoms. The number of aromatic nitrogens is 2. The molecule has 0 bridgehead atoms. The lowest BCUT2D eigenvalue weighted by molar-refractivity contribution is 1.22. The lowest BCUT2D eigenvalue weighted by Gasteiger charge is -2.04. The van der Waals surface area contributed by atoms with Crippen LogP contribution in [0.15, 0.2) is 42.7 Å². The molecule has 80 valence electrons. The Balaban J connectivity index is 2.33. The Kier molecular flexibility index (Phi) is 1.52. The predicted octanol–water partition coefficient (Wildman–Crippen LogP) is 3.59. The maximum Gasteiger partial charge on any atom is 0.0974 e. The van der Waals surface area contributed by atoms with Crippen LogP contribution in [0.3, 0.4) is 0 Å². The third kappa shape index (κ3) is 0.998. The fraction of sp³-hybridized carbons (Fsp3) is 0.0667. The minimum Gasteiger partial charge on any atom is -0.252 e. The van der Waals surface area contributed by atoms with Gasteiger partial charge in [-0.15, -0.1) is 0 Å². The number of fused-ring (bicyclic) bond motifs is 3. The second-order valence-electron chi connectivity index (χ2n) is 4.41. The standard InChI is InChI=1S/C15H10N2/c1-9-5-6-10-3-2-4-11-13(10)12(9)15-14(11)16-7-8-17-15/h2-8H,1H3. The topological polar surface area (TPSA) is 25.8 Å².